The Labute approximate surface area is 145 Å². The maximum Gasteiger partial charge on any atom is 0.228 e. The number of rotatable bonds is 4. The van der Waals surface area contributed by atoms with Crippen molar-refractivity contribution in [3.8, 4) is 17.0 Å². The number of halogens is 1. The quantitative estimate of drug-likeness (QED) is 0.790. The summed E-state index contributed by atoms with van der Waals surface area (Å²) in [5.74, 6) is 0.998. The molecular formula is C17H20ClN3O3. The second-order valence-electron chi connectivity index (χ2n) is 6.01. The van der Waals surface area contributed by atoms with Crippen LogP contribution in [0.25, 0.3) is 11.3 Å². The van der Waals surface area contributed by atoms with Crippen LogP contribution in [0.2, 0.25) is 5.02 Å². The molecule has 1 aliphatic rings. The minimum absolute atomic E-state index is 0.0574. The fourth-order valence-corrected chi connectivity index (χ4v) is 3.15. The molecule has 1 saturated carbocycles. The fraction of sp³-hybridized carbons (Fsp3) is 0.412. The molecule has 24 heavy (non-hydrogen) atoms. The molecule has 1 aliphatic carbocycles. The summed E-state index contributed by atoms with van der Waals surface area (Å²) in [6.45, 7) is 0. The topological polar surface area (TPSA) is 87.2 Å². The van der Waals surface area contributed by atoms with E-state index in [0.717, 1.165) is 5.56 Å². The molecule has 0 aliphatic heterocycles. The second-order valence-corrected chi connectivity index (χ2v) is 6.44. The highest BCUT2D eigenvalue weighted by Gasteiger charge is 2.25. The van der Waals surface area contributed by atoms with Crippen LogP contribution in [-0.2, 0) is 4.79 Å². The molecule has 1 heterocycles. The average Bonchev–Trinajstić information content (AvgIpc) is 3.03. The number of ether oxygens (including phenoxy) is 1. The van der Waals surface area contributed by atoms with Gasteiger partial charge in [0.25, 0.3) is 0 Å². The summed E-state index contributed by atoms with van der Waals surface area (Å²) >= 11 is 6.05. The lowest BCUT2D eigenvalue weighted by molar-refractivity contribution is -0.121. The molecule has 1 amide bonds. The molecule has 1 fully saturated rings. The molecule has 3 rings (SSSR count). The number of aromatic nitrogens is 2. The van der Waals surface area contributed by atoms with Crippen molar-refractivity contribution in [2.24, 2.45) is 5.92 Å². The van der Waals surface area contributed by atoms with Crippen molar-refractivity contribution >= 4 is 23.3 Å². The van der Waals surface area contributed by atoms with Gasteiger partial charge in [0, 0.05) is 22.6 Å². The third kappa shape index (κ3) is 3.71. The number of aliphatic hydroxyl groups excluding tert-OH is 1. The Morgan fingerprint density at radius 3 is 2.79 bits per heavy atom. The number of anilines is 1. The molecule has 2 aromatic rings. The van der Waals surface area contributed by atoms with Crippen LogP contribution in [0.4, 0.5) is 5.82 Å². The van der Waals surface area contributed by atoms with Crippen LogP contribution in [0.3, 0.4) is 0 Å². The van der Waals surface area contributed by atoms with Gasteiger partial charge in [-0.2, -0.15) is 5.10 Å². The monoisotopic (exact) mass is 349 g/mol. The maximum atomic E-state index is 12.3. The molecule has 0 saturated heterocycles. The van der Waals surface area contributed by atoms with Crippen LogP contribution >= 0.6 is 11.6 Å². The van der Waals surface area contributed by atoms with Gasteiger partial charge in [-0.25, -0.2) is 0 Å². The molecule has 0 unspecified atom stereocenters. The number of nitrogens with one attached hydrogen (secondary N) is 2. The number of aliphatic hydroxyl groups is 1. The predicted molar refractivity (Wildman–Crippen MR) is 92.2 cm³/mol. The molecule has 0 radical (unpaired) electrons. The van der Waals surface area contributed by atoms with Gasteiger partial charge >= 0.3 is 0 Å². The third-order valence-corrected chi connectivity index (χ3v) is 4.58. The standard InChI is InChI=1S/C17H20ClN3O3/c1-24-15-7-4-11(18)8-13(15)14-9-16(21-20-14)19-17(23)10-2-5-12(22)6-3-10/h4,7-10,12,22H,2-3,5-6H2,1H3,(H2,19,20,21,23). The minimum Gasteiger partial charge on any atom is -0.496 e. The van der Waals surface area contributed by atoms with E-state index in [-0.39, 0.29) is 17.9 Å². The number of amides is 1. The molecule has 0 spiro atoms. The van der Waals surface area contributed by atoms with E-state index in [0.29, 0.717) is 48.0 Å². The number of nitrogens with zero attached hydrogens (tertiary/aromatic N) is 1. The Balaban J connectivity index is 1.72. The summed E-state index contributed by atoms with van der Waals surface area (Å²) in [7, 11) is 1.59. The Hall–Kier alpha value is -2.05. The fourth-order valence-electron chi connectivity index (χ4n) is 2.98. The van der Waals surface area contributed by atoms with Gasteiger partial charge < -0.3 is 15.2 Å². The van der Waals surface area contributed by atoms with Crippen molar-refractivity contribution in [2.75, 3.05) is 12.4 Å². The molecule has 6 nitrogen and oxygen atoms in total. The Morgan fingerprint density at radius 2 is 2.08 bits per heavy atom. The van der Waals surface area contributed by atoms with Gasteiger partial charge in [0.2, 0.25) is 5.91 Å². The number of aromatic amines is 1. The van der Waals surface area contributed by atoms with E-state index in [1.165, 1.54) is 0 Å². The van der Waals surface area contributed by atoms with Crippen LogP contribution in [0, 0.1) is 5.92 Å². The number of H-pyrrole nitrogens is 1. The molecular weight excluding hydrogens is 330 g/mol. The lowest BCUT2D eigenvalue weighted by Gasteiger charge is -2.23. The molecule has 7 heteroatoms. The predicted octanol–water partition coefficient (Wildman–Crippen LogP) is 3.23. The van der Waals surface area contributed by atoms with Crippen molar-refractivity contribution in [1.82, 2.24) is 10.2 Å². The van der Waals surface area contributed by atoms with Crippen LogP contribution in [-0.4, -0.2) is 34.4 Å². The van der Waals surface area contributed by atoms with E-state index in [2.05, 4.69) is 15.5 Å². The largest absolute Gasteiger partial charge is 0.496 e. The maximum absolute atomic E-state index is 12.3. The zero-order valence-corrected chi connectivity index (χ0v) is 14.1. The van der Waals surface area contributed by atoms with Crippen LogP contribution < -0.4 is 10.1 Å². The van der Waals surface area contributed by atoms with Crippen LogP contribution in [0.15, 0.2) is 24.3 Å². The van der Waals surface area contributed by atoms with E-state index in [4.69, 9.17) is 16.3 Å². The Kier molecular flexibility index (Phi) is 5.06. The van der Waals surface area contributed by atoms with Gasteiger partial charge in [0.15, 0.2) is 5.82 Å². The summed E-state index contributed by atoms with van der Waals surface area (Å²) in [6, 6.07) is 7.07. The van der Waals surface area contributed by atoms with Crippen molar-refractivity contribution in [2.45, 2.75) is 31.8 Å². The van der Waals surface area contributed by atoms with E-state index in [1.807, 2.05) is 0 Å². The first kappa shape index (κ1) is 16.8. The summed E-state index contributed by atoms with van der Waals surface area (Å²) in [5.41, 5.74) is 1.49. The van der Waals surface area contributed by atoms with E-state index in [9.17, 15) is 9.90 Å². The number of benzene rings is 1. The number of hydrogen-bond donors (Lipinski definition) is 3. The smallest absolute Gasteiger partial charge is 0.228 e. The first-order valence-corrected chi connectivity index (χ1v) is 8.33. The summed E-state index contributed by atoms with van der Waals surface area (Å²) in [5, 5.41) is 20.0. The van der Waals surface area contributed by atoms with Gasteiger partial charge in [-0.05, 0) is 43.9 Å². The summed E-state index contributed by atoms with van der Waals surface area (Å²) < 4.78 is 5.33. The lowest BCUT2D eigenvalue weighted by Crippen LogP contribution is -2.28. The SMILES string of the molecule is COc1ccc(Cl)cc1-c1cc(NC(=O)C2CCC(O)CC2)n[nH]1. The van der Waals surface area contributed by atoms with E-state index < -0.39 is 0 Å². The average molecular weight is 350 g/mol. The van der Waals surface area contributed by atoms with Crippen LogP contribution in [0.5, 0.6) is 5.75 Å². The highest BCUT2D eigenvalue weighted by atomic mass is 35.5. The molecule has 3 N–H and O–H groups in total. The van der Waals surface area contributed by atoms with E-state index >= 15 is 0 Å². The first-order valence-electron chi connectivity index (χ1n) is 7.95. The van der Waals surface area contributed by atoms with Gasteiger partial charge in [-0.3, -0.25) is 9.89 Å². The summed E-state index contributed by atoms with van der Waals surface area (Å²) in [4.78, 5) is 12.3. The number of methoxy groups -OCH3 is 1. The minimum atomic E-state index is -0.277. The normalized spacial score (nSPS) is 20.6. The van der Waals surface area contributed by atoms with Crippen molar-refractivity contribution in [3.05, 3.63) is 29.3 Å². The van der Waals surface area contributed by atoms with Crippen molar-refractivity contribution in [1.29, 1.82) is 0 Å². The molecule has 128 valence electrons. The van der Waals surface area contributed by atoms with Crippen LogP contribution in [0.1, 0.15) is 25.7 Å². The molecule has 0 bridgehead atoms. The highest BCUT2D eigenvalue weighted by molar-refractivity contribution is 6.31. The van der Waals surface area contributed by atoms with Gasteiger partial charge in [0.05, 0.1) is 18.9 Å². The van der Waals surface area contributed by atoms with E-state index in [1.54, 1.807) is 31.4 Å². The molecule has 1 aromatic heterocycles. The van der Waals surface area contributed by atoms with Crippen molar-refractivity contribution < 1.29 is 14.6 Å². The third-order valence-electron chi connectivity index (χ3n) is 4.35. The highest BCUT2D eigenvalue weighted by Crippen LogP contribution is 2.32. The zero-order valence-electron chi connectivity index (χ0n) is 13.4. The Morgan fingerprint density at radius 1 is 1.33 bits per heavy atom. The Bertz CT molecular complexity index is 724. The lowest BCUT2D eigenvalue weighted by atomic mass is 9.87. The molecule has 1 aromatic carbocycles. The molecule has 0 atom stereocenters. The first-order chi connectivity index (χ1) is 11.6. The number of hydrogen-bond acceptors (Lipinski definition) is 4. The van der Waals surface area contributed by atoms with Gasteiger partial charge in [-0.15, -0.1) is 0 Å². The number of carbonyl (C=O) groups excluding carboxylic acids is 1. The summed E-state index contributed by atoms with van der Waals surface area (Å²) in [6.07, 6.45) is 2.47. The zero-order chi connectivity index (χ0) is 17.1. The van der Waals surface area contributed by atoms with Gasteiger partial charge in [0.1, 0.15) is 5.75 Å². The second kappa shape index (κ2) is 7.23. The van der Waals surface area contributed by atoms with Crippen molar-refractivity contribution in [3.63, 3.8) is 0 Å². The number of carbonyl (C=O) groups is 1. The van der Waals surface area contributed by atoms with Gasteiger partial charge in [-0.1, -0.05) is 11.6 Å².